The van der Waals surface area contributed by atoms with Crippen molar-refractivity contribution in [3.05, 3.63) is 46.5 Å². The fourth-order valence-electron chi connectivity index (χ4n) is 2.98. The standard InChI is InChI=1S/C15H19ClN4/c1-11-12(15(16)19(2)18-11)10-20-9-5-7-14(20)13-6-3-4-8-17-13/h3-4,6,8,14H,5,7,9-10H2,1-2H3/t14-/m0/s1. The third-order valence-electron chi connectivity index (χ3n) is 4.02. The molecule has 3 heterocycles. The number of nitrogens with zero attached hydrogens (tertiary/aromatic N) is 4. The molecule has 1 atom stereocenters. The normalized spacial score (nSPS) is 19.6. The van der Waals surface area contributed by atoms with Gasteiger partial charge in [-0.05, 0) is 38.4 Å². The smallest absolute Gasteiger partial charge is 0.131 e. The second kappa shape index (κ2) is 5.54. The molecular formula is C15H19ClN4. The predicted octanol–water partition coefficient (Wildman–Crippen LogP) is 3.11. The molecule has 0 unspecified atom stereocenters. The minimum atomic E-state index is 0.395. The Labute approximate surface area is 124 Å². The van der Waals surface area contributed by atoms with E-state index in [0.717, 1.165) is 41.6 Å². The summed E-state index contributed by atoms with van der Waals surface area (Å²) in [6.07, 6.45) is 4.24. The van der Waals surface area contributed by atoms with Gasteiger partial charge in [0.15, 0.2) is 0 Å². The topological polar surface area (TPSA) is 34.0 Å². The molecule has 1 fully saturated rings. The largest absolute Gasteiger partial charge is 0.290 e. The number of halogens is 1. The second-order valence-electron chi connectivity index (χ2n) is 5.36. The molecule has 0 saturated carbocycles. The first-order chi connectivity index (χ1) is 9.66. The van der Waals surface area contributed by atoms with Gasteiger partial charge in [0.2, 0.25) is 0 Å². The number of likely N-dealkylation sites (tertiary alicyclic amines) is 1. The lowest BCUT2D eigenvalue weighted by Crippen LogP contribution is -2.23. The van der Waals surface area contributed by atoms with Gasteiger partial charge >= 0.3 is 0 Å². The highest BCUT2D eigenvalue weighted by molar-refractivity contribution is 6.30. The molecule has 2 aromatic rings. The fourth-order valence-corrected chi connectivity index (χ4v) is 3.21. The number of rotatable bonds is 3. The van der Waals surface area contributed by atoms with Crippen LogP contribution in [0.2, 0.25) is 5.15 Å². The molecule has 0 spiro atoms. The summed E-state index contributed by atoms with van der Waals surface area (Å²) >= 11 is 6.34. The summed E-state index contributed by atoms with van der Waals surface area (Å²) in [7, 11) is 1.89. The van der Waals surface area contributed by atoms with Crippen LogP contribution in [0.1, 0.15) is 35.8 Å². The Morgan fingerprint density at radius 2 is 2.25 bits per heavy atom. The average molecular weight is 291 g/mol. The number of aryl methyl sites for hydroxylation is 2. The molecule has 1 aliphatic heterocycles. The van der Waals surface area contributed by atoms with E-state index in [1.807, 2.05) is 26.2 Å². The maximum Gasteiger partial charge on any atom is 0.131 e. The van der Waals surface area contributed by atoms with Crippen LogP contribution in [-0.2, 0) is 13.6 Å². The van der Waals surface area contributed by atoms with Gasteiger partial charge in [0.1, 0.15) is 5.15 Å². The summed E-state index contributed by atoms with van der Waals surface area (Å²) in [5, 5.41) is 5.14. The molecular weight excluding hydrogens is 272 g/mol. The van der Waals surface area contributed by atoms with E-state index in [1.54, 1.807) is 4.68 Å². The first kappa shape index (κ1) is 13.6. The highest BCUT2D eigenvalue weighted by atomic mass is 35.5. The van der Waals surface area contributed by atoms with Crippen LogP contribution in [0, 0.1) is 6.92 Å². The number of pyridine rings is 1. The lowest BCUT2D eigenvalue weighted by Gasteiger charge is -2.23. The number of aromatic nitrogens is 3. The molecule has 0 radical (unpaired) electrons. The molecule has 1 aliphatic rings. The summed E-state index contributed by atoms with van der Waals surface area (Å²) < 4.78 is 1.75. The van der Waals surface area contributed by atoms with E-state index in [4.69, 9.17) is 11.6 Å². The van der Waals surface area contributed by atoms with Gasteiger partial charge in [0, 0.05) is 25.4 Å². The molecule has 4 nitrogen and oxygen atoms in total. The minimum absolute atomic E-state index is 0.395. The van der Waals surface area contributed by atoms with Crippen molar-refractivity contribution in [1.82, 2.24) is 19.7 Å². The van der Waals surface area contributed by atoms with Gasteiger partial charge in [0.05, 0.1) is 17.4 Å². The summed E-state index contributed by atoms with van der Waals surface area (Å²) in [4.78, 5) is 6.96. The van der Waals surface area contributed by atoms with Crippen LogP contribution in [0.15, 0.2) is 24.4 Å². The Balaban J connectivity index is 1.83. The molecule has 0 bridgehead atoms. The highest BCUT2D eigenvalue weighted by Crippen LogP contribution is 2.33. The van der Waals surface area contributed by atoms with Crippen LogP contribution in [0.25, 0.3) is 0 Å². The zero-order chi connectivity index (χ0) is 14.1. The Hall–Kier alpha value is -1.39. The van der Waals surface area contributed by atoms with Gasteiger partial charge in [-0.2, -0.15) is 5.10 Å². The van der Waals surface area contributed by atoms with Gasteiger partial charge in [0.25, 0.3) is 0 Å². The molecule has 20 heavy (non-hydrogen) atoms. The maximum atomic E-state index is 6.34. The molecule has 106 valence electrons. The minimum Gasteiger partial charge on any atom is -0.290 e. The predicted molar refractivity (Wildman–Crippen MR) is 79.6 cm³/mol. The summed E-state index contributed by atoms with van der Waals surface area (Å²) in [6, 6.07) is 6.53. The van der Waals surface area contributed by atoms with Gasteiger partial charge < -0.3 is 0 Å². The average Bonchev–Trinajstić information content (AvgIpc) is 3.01. The van der Waals surface area contributed by atoms with Crippen molar-refractivity contribution in [3.63, 3.8) is 0 Å². The maximum absolute atomic E-state index is 6.34. The summed E-state index contributed by atoms with van der Waals surface area (Å²) in [6.45, 7) is 3.96. The van der Waals surface area contributed by atoms with Crippen LogP contribution in [0.3, 0.4) is 0 Å². The third-order valence-corrected chi connectivity index (χ3v) is 4.50. The first-order valence-electron chi connectivity index (χ1n) is 7.00. The van der Waals surface area contributed by atoms with Crippen LogP contribution in [0.5, 0.6) is 0 Å². The summed E-state index contributed by atoms with van der Waals surface area (Å²) in [5.41, 5.74) is 3.31. The molecule has 0 aromatic carbocycles. The van der Waals surface area contributed by atoms with Crippen LogP contribution >= 0.6 is 11.6 Å². The Bertz CT molecular complexity index is 593. The zero-order valence-corrected chi connectivity index (χ0v) is 12.6. The van der Waals surface area contributed by atoms with E-state index in [2.05, 4.69) is 27.1 Å². The lowest BCUT2D eigenvalue weighted by molar-refractivity contribution is 0.244. The van der Waals surface area contributed by atoms with Crippen molar-refractivity contribution in [2.45, 2.75) is 32.4 Å². The quantitative estimate of drug-likeness (QED) is 0.871. The Kier molecular flexibility index (Phi) is 3.76. The van der Waals surface area contributed by atoms with Crippen LogP contribution in [0.4, 0.5) is 0 Å². The zero-order valence-electron chi connectivity index (χ0n) is 11.9. The van der Waals surface area contributed by atoms with Gasteiger partial charge in [-0.25, -0.2) is 0 Å². The molecule has 5 heteroatoms. The van der Waals surface area contributed by atoms with Gasteiger partial charge in [-0.15, -0.1) is 0 Å². The fraction of sp³-hybridized carbons (Fsp3) is 0.467. The van der Waals surface area contributed by atoms with Crippen molar-refractivity contribution in [2.24, 2.45) is 7.05 Å². The van der Waals surface area contributed by atoms with E-state index < -0.39 is 0 Å². The molecule has 3 rings (SSSR count). The molecule has 0 amide bonds. The van der Waals surface area contributed by atoms with Crippen molar-refractivity contribution >= 4 is 11.6 Å². The number of hydrogen-bond acceptors (Lipinski definition) is 3. The molecule has 2 aromatic heterocycles. The first-order valence-corrected chi connectivity index (χ1v) is 7.37. The van der Waals surface area contributed by atoms with E-state index >= 15 is 0 Å². The van der Waals surface area contributed by atoms with Crippen molar-refractivity contribution < 1.29 is 0 Å². The van der Waals surface area contributed by atoms with Gasteiger partial charge in [-0.3, -0.25) is 14.6 Å². The molecule has 0 aliphatic carbocycles. The van der Waals surface area contributed by atoms with Crippen LogP contribution < -0.4 is 0 Å². The third kappa shape index (κ3) is 2.45. The van der Waals surface area contributed by atoms with Crippen molar-refractivity contribution in [3.8, 4) is 0 Å². The Morgan fingerprint density at radius 3 is 2.90 bits per heavy atom. The van der Waals surface area contributed by atoms with Gasteiger partial charge in [-0.1, -0.05) is 17.7 Å². The monoisotopic (exact) mass is 290 g/mol. The van der Waals surface area contributed by atoms with E-state index in [0.29, 0.717) is 6.04 Å². The van der Waals surface area contributed by atoms with Crippen molar-refractivity contribution in [2.75, 3.05) is 6.54 Å². The highest BCUT2D eigenvalue weighted by Gasteiger charge is 2.28. The van der Waals surface area contributed by atoms with E-state index in [-0.39, 0.29) is 0 Å². The second-order valence-corrected chi connectivity index (χ2v) is 5.72. The lowest BCUT2D eigenvalue weighted by atomic mass is 10.1. The van der Waals surface area contributed by atoms with Crippen LogP contribution in [-0.4, -0.2) is 26.2 Å². The Morgan fingerprint density at radius 1 is 1.40 bits per heavy atom. The number of hydrogen-bond donors (Lipinski definition) is 0. The van der Waals surface area contributed by atoms with Crippen molar-refractivity contribution in [1.29, 1.82) is 0 Å². The molecule has 0 N–H and O–H groups in total. The van der Waals surface area contributed by atoms with E-state index in [9.17, 15) is 0 Å². The SMILES string of the molecule is Cc1nn(C)c(Cl)c1CN1CCC[C@H]1c1ccccn1. The molecule has 1 saturated heterocycles. The van der Waals surface area contributed by atoms with E-state index in [1.165, 1.54) is 6.42 Å². The summed E-state index contributed by atoms with van der Waals surface area (Å²) in [5.74, 6) is 0.